The molecule has 0 radical (unpaired) electrons. The summed E-state index contributed by atoms with van der Waals surface area (Å²) in [6, 6.07) is 11.4. The fourth-order valence-electron chi connectivity index (χ4n) is 2.57. The summed E-state index contributed by atoms with van der Waals surface area (Å²) >= 11 is 0. The number of aryl methyl sites for hydroxylation is 1. The minimum Gasteiger partial charge on any atom is -0.313 e. The summed E-state index contributed by atoms with van der Waals surface area (Å²) in [6.45, 7) is 12.5. The summed E-state index contributed by atoms with van der Waals surface area (Å²) in [4.78, 5) is 0. The van der Waals surface area contributed by atoms with E-state index in [-0.39, 0.29) is 0 Å². The fraction of sp³-hybridized carbons (Fsp3) is 0.600. The molecule has 0 aromatic heterocycles. The van der Waals surface area contributed by atoms with Crippen LogP contribution in [0.5, 0.6) is 0 Å². The molecule has 0 aliphatic carbocycles. The molecule has 0 spiro atoms. The maximum atomic E-state index is 3.77. The van der Waals surface area contributed by atoms with Crippen molar-refractivity contribution in [2.24, 2.45) is 5.41 Å². The van der Waals surface area contributed by atoms with Gasteiger partial charge in [0.2, 0.25) is 0 Å². The smallest absolute Gasteiger partial charge is 0.0119 e. The first kappa shape index (κ1) is 18.0. The Morgan fingerprint density at radius 2 is 1.81 bits per heavy atom. The maximum absolute atomic E-state index is 3.77. The molecule has 1 unspecified atom stereocenters. The average molecular weight is 287 g/mol. The fourth-order valence-corrected chi connectivity index (χ4v) is 2.57. The third-order valence-corrected chi connectivity index (χ3v) is 3.93. The van der Waals surface area contributed by atoms with Gasteiger partial charge in [0.1, 0.15) is 0 Å². The van der Waals surface area contributed by atoms with Crippen molar-refractivity contribution in [3.05, 3.63) is 47.5 Å². The third-order valence-electron chi connectivity index (χ3n) is 3.93. The molecule has 1 rings (SSSR count). The SMILES string of the molecule is CC(C)=CCCCNC(CCc1ccccc1)C(C)(C)C. The van der Waals surface area contributed by atoms with Gasteiger partial charge in [-0.2, -0.15) is 0 Å². The number of allylic oxidation sites excluding steroid dienone is 2. The molecule has 118 valence electrons. The number of rotatable bonds is 8. The van der Waals surface area contributed by atoms with Crippen molar-refractivity contribution in [1.29, 1.82) is 0 Å². The minimum absolute atomic E-state index is 0.311. The molecule has 0 aliphatic heterocycles. The van der Waals surface area contributed by atoms with Crippen molar-refractivity contribution in [3.8, 4) is 0 Å². The van der Waals surface area contributed by atoms with E-state index in [9.17, 15) is 0 Å². The zero-order valence-corrected chi connectivity index (χ0v) is 14.6. The van der Waals surface area contributed by atoms with Crippen molar-refractivity contribution in [1.82, 2.24) is 5.32 Å². The monoisotopic (exact) mass is 287 g/mol. The van der Waals surface area contributed by atoms with E-state index in [1.165, 1.54) is 30.4 Å². The molecule has 0 aliphatic rings. The standard InChI is InChI=1S/C20H33N/c1-17(2)11-9-10-16-21-19(20(3,4)5)15-14-18-12-7-6-8-13-18/h6-8,11-13,19,21H,9-10,14-16H2,1-5H3. The zero-order chi connectivity index (χ0) is 15.7. The first-order chi connectivity index (χ1) is 9.89. The van der Waals surface area contributed by atoms with Crippen LogP contribution in [0.3, 0.4) is 0 Å². The summed E-state index contributed by atoms with van der Waals surface area (Å²) in [5.41, 5.74) is 3.18. The molecular formula is C20H33N. The summed E-state index contributed by atoms with van der Waals surface area (Å²) in [7, 11) is 0. The highest BCUT2D eigenvalue weighted by Gasteiger charge is 2.23. The molecule has 1 aromatic carbocycles. The van der Waals surface area contributed by atoms with E-state index in [1.807, 2.05) is 0 Å². The average Bonchev–Trinajstić information content (AvgIpc) is 2.41. The van der Waals surface area contributed by atoms with E-state index in [4.69, 9.17) is 0 Å². The highest BCUT2D eigenvalue weighted by atomic mass is 14.9. The van der Waals surface area contributed by atoms with Crippen molar-refractivity contribution in [2.45, 2.75) is 66.3 Å². The first-order valence-corrected chi connectivity index (χ1v) is 8.30. The van der Waals surface area contributed by atoms with Gasteiger partial charge in [-0.05, 0) is 57.1 Å². The Morgan fingerprint density at radius 1 is 1.14 bits per heavy atom. The van der Waals surface area contributed by atoms with Gasteiger partial charge in [-0.1, -0.05) is 62.8 Å². The van der Waals surface area contributed by atoms with Gasteiger partial charge in [0.25, 0.3) is 0 Å². The van der Waals surface area contributed by atoms with Gasteiger partial charge < -0.3 is 5.32 Å². The second-order valence-electron chi connectivity index (χ2n) is 7.32. The number of unbranched alkanes of at least 4 members (excludes halogenated alkanes) is 1. The van der Waals surface area contributed by atoms with Gasteiger partial charge in [-0.15, -0.1) is 0 Å². The minimum atomic E-state index is 0.311. The molecule has 1 nitrogen and oxygen atoms in total. The molecule has 1 heteroatoms. The summed E-state index contributed by atoms with van der Waals surface area (Å²) in [5.74, 6) is 0. The highest BCUT2D eigenvalue weighted by molar-refractivity contribution is 5.15. The van der Waals surface area contributed by atoms with Crippen LogP contribution in [-0.4, -0.2) is 12.6 Å². The van der Waals surface area contributed by atoms with Crippen LogP contribution in [0.15, 0.2) is 42.0 Å². The summed E-state index contributed by atoms with van der Waals surface area (Å²) < 4.78 is 0. The van der Waals surface area contributed by atoms with E-state index in [1.54, 1.807) is 0 Å². The van der Waals surface area contributed by atoms with Gasteiger partial charge in [0.05, 0.1) is 0 Å². The molecule has 0 bridgehead atoms. The lowest BCUT2D eigenvalue weighted by molar-refractivity contribution is 0.254. The van der Waals surface area contributed by atoms with Crippen LogP contribution in [0.2, 0.25) is 0 Å². The van der Waals surface area contributed by atoms with Gasteiger partial charge in [-0.25, -0.2) is 0 Å². The van der Waals surface area contributed by atoms with E-state index in [2.05, 4.69) is 76.3 Å². The largest absolute Gasteiger partial charge is 0.313 e. The number of nitrogens with one attached hydrogen (secondary N) is 1. The Bertz CT molecular complexity index is 407. The molecule has 0 saturated carbocycles. The van der Waals surface area contributed by atoms with E-state index >= 15 is 0 Å². The van der Waals surface area contributed by atoms with Crippen LogP contribution < -0.4 is 5.32 Å². The van der Waals surface area contributed by atoms with Gasteiger partial charge in [0.15, 0.2) is 0 Å². The molecule has 0 fully saturated rings. The van der Waals surface area contributed by atoms with Crippen LogP contribution in [0.25, 0.3) is 0 Å². The Labute approximate surface area is 131 Å². The van der Waals surface area contributed by atoms with Gasteiger partial charge in [0, 0.05) is 6.04 Å². The van der Waals surface area contributed by atoms with Gasteiger partial charge >= 0.3 is 0 Å². The molecule has 21 heavy (non-hydrogen) atoms. The van der Waals surface area contributed by atoms with E-state index in [0.717, 1.165) is 13.0 Å². The van der Waals surface area contributed by atoms with Crippen LogP contribution >= 0.6 is 0 Å². The van der Waals surface area contributed by atoms with E-state index < -0.39 is 0 Å². The van der Waals surface area contributed by atoms with E-state index in [0.29, 0.717) is 11.5 Å². The zero-order valence-electron chi connectivity index (χ0n) is 14.6. The van der Waals surface area contributed by atoms with Crippen molar-refractivity contribution >= 4 is 0 Å². The predicted molar refractivity (Wildman–Crippen MR) is 94.7 cm³/mol. The number of hydrogen-bond acceptors (Lipinski definition) is 1. The van der Waals surface area contributed by atoms with Crippen molar-refractivity contribution < 1.29 is 0 Å². The normalized spacial score (nSPS) is 13.0. The third kappa shape index (κ3) is 8.06. The topological polar surface area (TPSA) is 12.0 Å². The molecule has 0 heterocycles. The molecule has 1 aromatic rings. The Morgan fingerprint density at radius 3 is 2.38 bits per heavy atom. The van der Waals surface area contributed by atoms with Crippen molar-refractivity contribution in [2.75, 3.05) is 6.54 Å². The van der Waals surface area contributed by atoms with Crippen LogP contribution in [0.4, 0.5) is 0 Å². The molecule has 0 saturated heterocycles. The van der Waals surface area contributed by atoms with Gasteiger partial charge in [-0.3, -0.25) is 0 Å². The number of hydrogen-bond donors (Lipinski definition) is 1. The number of benzene rings is 1. The lowest BCUT2D eigenvalue weighted by Crippen LogP contribution is -2.41. The first-order valence-electron chi connectivity index (χ1n) is 8.30. The van der Waals surface area contributed by atoms with Crippen LogP contribution in [0.1, 0.15) is 59.4 Å². The summed E-state index contributed by atoms with van der Waals surface area (Å²) in [6.07, 6.45) is 7.10. The second kappa shape index (κ2) is 9.04. The Hall–Kier alpha value is -1.08. The molecule has 1 N–H and O–H groups in total. The summed E-state index contributed by atoms with van der Waals surface area (Å²) in [5, 5.41) is 3.77. The predicted octanol–water partition coefficient (Wildman–Crippen LogP) is 5.37. The molecular weight excluding hydrogens is 254 g/mol. The van der Waals surface area contributed by atoms with Crippen LogP contribution in [-0.2, 0) is 6.42 Å². The quantitative estimate of drug-likeness (QED) is 0.500. The molecule has 1 atom stereocenters. The Kier molecular flexibility index (Phi) is 7.74. The second-order valence-corrected chi connectivity index (χ2v) is 7.32. The molecule has 0 amide bonds. The Balaban J connectivity index is 2.40. The maximum Gasteiger partial charge on any atom is 0.0119 e. The lowest BCUT2D eigenvalue weighted by Gasteiger charge is -2.32. The van der Waals surface area contributed by atoms with Crippen LogP contribution in [0, 0.1) is 5.41 Å². The lowest BCUT2D eigenvalue weighted by atomic mass is 9.83. The highest BCUT2D eigenvalue weighted by Crippen LogP contribution is 2.23. The van der Waals surface area contributed by atoms with Crippen molar-refractivity contribution in [3.63, 3.8) is 0 Å².